The standard InChI is InChI=1S/C14H16O3/c1-4-5-10-7-12(15)14-9(2)6-11(16-3)8-13(14)17-10/h6-8H,4-5H2,1-3H3. The molecule has 0 N–H and O–H groups in total. The van der Waals surface area contributed by atoms with Crippen LogP contribution in [-0.4, -0.2) is 7.11 Å². The van der Waals surface area contributed by atoms with Crippen molar-refractivity contribution in [2.45, 2.75) is 26.7 Å². The lowest BCUT2D eigenvalue weighted by Gasteiger charge is -2.06. The van der Waals surface area contributed by atoms with Gasteiger partial charge in [0.2, 0.25) is 0 Å². The van der Waals surface area contributed by atoms with E-state index in [1.165, 1.54) is 0 Å². The van der Waals surface area contributed by atoms with E-state index in [4.69, 9.17) is 9.15 Å². The van der Waals surface area contributed by atoms with E-state index < -0.39 is 0 Å². The number of ether oxygens (including phenoxy) is 1. The molecule has 0 aliphatic carbocycles. The lowest BCUT2D eigenvalue weighted by Crippen LogP contribution is -2.04. The Morgan fingerprint density at radius 2 is 2.06 bits per heavy atom. The minimum absolute atomic E-state index is 0.0230. The van der Waals surface area contributed by atoms with E-state index in [2.05, 4.69) is 6.92 Å². The number of hydrogen-bond donors (Lipinski definition) is 0. The van der Waals surface area contributed by atoms with Gasteiger partial charge in [0, 0.05) is 18.6 Å². The average Bonchev–Trinajstić information content (AvgIpc) is 2.28. The quantitative estimate of drug-likeness (QED) is 0.816. The fraction of sp³-hybridized carbons (Fsp3) is 0.357. The number of aryl methyl sites for hydroxylation is 2. The van der Waals surface area contributed by atoms with E-state index in [-0.39, 0.29) is 5.43 Å². The molecule has 17 heavy (non-hydrogen) atoms. The molecule has 1 aromatic heterocycles. The van der Waals surface area contributed by atoms with Crippen molar-refractivity contribution in [2.24, 2.45) is 0 Å². The molecule has 0 radical (unpaired) electrons. The maximum Gasteiger partial charge on any atom is 0.193 e. The van der Waals surface area contributed by atoms with E-state index >= 15 is 0 Å². The predicted octanol–water partition coefficient (Wildman–Crippen LogP) is 3.06. The van der Waals surface area contributed by atoms with Crippen molar-refractivity contribution in [3.63, 3.8) is 0 Å². The Kier molecular flexibility index (Phi) is 3.18. The van der Waals surface area contributed by atoms with Gasteiger partial charge in [0.05, 0.1) is 12.5 Å². The number of rotatable bonds is 3. The lowest BCUT2D eigenvalue weighted by atomic mass is 10.1. The summed E-state index contributed by atoms with van der Waals surface area (Å²) < 4.78 is 10.9. The minimum atomic E-state index is 0.0230. The summed E-state index contributed by atoms with van der Waals surface area (Å²) in [4.78, 5) is 12.0. The maximum atomic E-state index is 12.0. The summed E-state index contributed by atoms with van der Waals surface area (Å²) in [6.45, 7) is 3.95. The molecule has 2 rings (SSSR count). The molecule has 0 fully saturated rings. The van der Waals surface area contributed by atoms with Gasteiger partial charge in [0.1, 0.15) is 17.1 Å². The van der Waals surface area contributed by atoms with Crippen molar-refractivity contribution >= 4 is 11.0 Å². The van der Waals surface area contributed by atoms with Gasteiger partial charge in [-0.2, -0.15) is 0 Å². The van der Waals surface area contributed by atoms with Gasteiger partial charge in [0.25, 0.3) is 0 Å². The molecule has 0 aliphatic rings. The van der Waals surface area contributed by atoms with E-state index in [1.807, 2.05) is 13.0 Å². The van der Waals surface area contributed by atoms with Crippen LogP contribution < -0.4 is 10.2 Å². The smallest absolute Gasteiger partial charge is 0.193 e. The Morgan fingerprint density at radius 3 is 2.71 bits per heavy atom. The Bertz CT molecular complexity index is 596. The van der Waals surface area contributed by atoms with Crippen LogP contribution in [0.1, 0.15) is 24.7 Å². The molecule has 0 saturated heterocycles. The van der Waals surface area contributed by atoms with Crippen LogP contribution in [0.2, 0.25) is 0 Å². The van der Waals surface area contributed by atoms with Gasteiger partial charge in [-0.3, -0.25) is 4.79 Å². The van der Waals surface area contributed by atoms with Crippen molar-refractivity contribution in [1.82, 2.24) is 0 Å². The van der Waals surface area contributed by atoms with Crippen LogP contribution in [0.3, 0.4) is 0 Å². The van der Waals surface area contributed by atoms with Crippen molar-refractivity contribution in [1.29, 1.82) is 0 Å². The number of methoxy groups -OCH3 is 1. The second-order valence-electron chi connectivity index (χ2n) is 4.14. The monoisotopic (exact) mass is 232 g/mol. The second-order valence-corrected chi connectivity index (χ2v) is 4.14. The van der Waals surface area contributed by atoms with Gasteiger partial charge in [-0.25, -0.2) is 0 Å². The van der Waals surface area contributed by atoms with Crippen LogP contribution in [0.5, 0.6) is 5.75 Å². The maximum absolute atomic E-state index is 12.0. The molecule has 0 bridgehead atoms. The van der Waals surface area contributed by atoms with E-state index in [0.29, 0.717) is 16.7 Å². The highest BCUT2D eigenvalue weighted by molar-refractivity contribution is 5.81. The molecule has 3 heteroatoms. The Labute approximate surface area is 100 Å². The molecule has 1 heterocycles. The van der Waals surface area contributed by atoms with Crippen molar-refractivity contribution in [3.8, 4) is 5.75 Å². The third-order valence-electron chi connectivity index (χ3n) is 2.78. The molecule has 1 aromatic carbocycles. The number of hydrogen-bond acceptors (Lipinski definition) is 3. The number of benzene rings is 1. The normalized spacial score (nSPS) is 10.8. The lowest BCUT2D eigenvalue weighted by molar-refractivity contribution is 0.413. The van der Waals surface area contributed by atoms with Gasteiger partial charge in [-0.15, -0.1) is 0 Å². The molecule has 0 amide bonds. The molecule has 0 spiro atoms. The summed E-state index contributed by atoms with van der Waals surface area (Å²) in [5, 5.41) is 0.644. The van der Waals surface area contributed by atoms with Crippen molar-refractivity contribution in [3.05, 3.63) is 39.7 Å². The Balaban J connectivity index is 2.73. The van der Waals surface area contributed by atoms with Gasteiger partial charge in [0.15, 0.2) is 5.43 Å². The molecule has 0 unspecified atom stereocenters. The molecule has 3 nitrogen and oxygen atoms in total. The van der Waals surface area contributed by atoms with Crippen LogP contribution in [-0.2, 0) is 6.42 Å². The SMILES string of the molecule is CCCc1cc(=O)c2c(C)cc(OC)cc2o1. The minimum Gasteiger partial charge on any atom is -0.497 e. The van der Waals surface area contributed by atoms with Crippen LogP contribution in [0.25, 0.3) is 11.0 Å². The average molecular weight is 232 g/mol. The summed E-state index contributed by atoms with van der Waals surface area (Å²) in [7, 11) is 1.61. The highest BCUT2D eigenvalue weighted by Gasteiger charge is 2.09. The van der Waals surface area contributed by atoms with Gasteiger partial charge in [-0.1, -0.05) is 6.92 Å². The third-order valence-corrected chi connectivity index (χ3v) is 2.78. The van der Waals surface area contributed by atoms with Crippen molar-refractivity contribution in [2.75, 3.05) is 7.11 Å². The van der Waals surface area contributed by atoms with Gasteiger partial charge < -0.3 is 9.15 Å². The van der Waals surface area contributed by atoms with Crippen LogP contribution in [0.15, 0.2) is 27.4 Å². The van der Waals surface area contributed by atoms with E-state index in [0.717, 1.165) is 24.2 Å². The van der Waals surface area contributed by atoms with E-state index in [9.17, 15) is 4.79 Å². The molecule has 0 aliphatic heterocycles. The Hall–Kier alpha value is -1.77. The molecular formula is C14H16O3. The van der Waals surface area contributed by atoms with Crippen LogP contribution in [0.4, 0.5) is 0 Å². The predicted molar refractivity (Wildman–Crippen MR) is 67.8 cm³/mol. The summed E-state index contributed by atoms with van der Waals surface area (Å²) in [6.07, 6.45) is 1.73. The molecule has 0 atom stereocenters. The first-order valence-corrected chi connectivity index (χ1v) is 5.77. The van der Waals surface area contributed by atoms with Crippen LogP contribution >= 0.6 is 0 Å². The largest absolute Gasteiger partial charge is 0.497 e. The molecular weight excluding hydrogens is 216 g/mol. The topological polar surface area (TPSA) is 39.4 Å². The van der Waals surface area contributed by atoms with E-state index in [1.54, 1.807) is 19.2 Å². The van der Waals surface area contributed by atoms with Gasteiger partial charge in [-0.05, 0) is 25.0 Å². The highest BCUT2D eigenvalue weighted by Crippen LogP contribution is 2.23. The highest BCUT2D eigenvalue weighted by atomic mass is 16.5. The fourth-order valence-electron chi connectivity index (χ4n) is 2.00. The zero-order valence-electron chi connectivity index (χ0n) is 10.4. The van der Waals surface area contributed by atoms with Crippen LogP contribution in [0, 0.1) is 6.92 Å². The fourth-order valence-corrected chi connectivity index (χ4v) is 2.00. The second kappa shape index (κ2) is 4.62. The Morgan fingerprint density at radius 1 is 1.29 bits per heavy atom. The summed E-state index contributed by atoms with van der Waals surface area (Å²) in [6, 6.07) is 5.20. The molecule has 90 valence electrons. The molecule has 2 aromatic rings. The summed E-state index contributed by atoms with van der Waals surface area (Å²) in [5.41, 5.74) is 1.52. The zero-order chi connectivity index (χ0) is 12.4. The number of fused-ring (bicyclic) bond motifs is 1. The first-order chi connectivity index (χ1) is 8.15. The zero-order valence-corrected chi connectivity index (χ0v) is 10.4. The third kappa shape index (κ3) is 2.18. The molecule has 0 saturated carbocycles. The van der Waals surface area contributed by atoms with Crippen molar-refractivity contribution < 1.29 is 9.15 Å². The van der Waals surface area contributed by atoms with Gasteiger partial charge >= 0.3 is 0 Å². The summed E-state index contributed by atoms with van der Waals surface area (Å²) >= 11 is 0. The summed E-state index contributed by atoms with van der Waals surface area (Å²) in [5.74, 6) is 1.45. The first-order valence-electron chi connectivity index (χ1n) is 5.77. The first kappa shape index (κ1) is 11.7.